The Morgan fingerprint density at radius 2 is 1.63 bits per heavy atom. The van der Waals surface area contributed by atoms with Crippen LogP contribution in [0.5, 0.6) is 5.75 Å². The third-order valence-electron chi connectivity index (χ3n) is 4.93. The third kappa shape index (κ3) is 6.47. The van der Waals surface area contributed by atoms with Gasteiger partial charge < -0.3 is 15.0 Å². The van der Waals surface area contributed by atoms with Crippen LogP contribution in [0.3, 0.4) is 0 Å². The third-order valence-corrected chi connectivity index (χ3v) is 5.18. The van der Waals surface area contributed by atoms with Gasteiger partial charge in [0.2, 0.25) is 5.91 Å². The molecule has 1 heterocycles. The van der Waals surface area contributed by atoms with E-state index < -0.39 is 0 Å². The summed E-state index contributed by atoms with van der Waals surface area (Å²) in [6.07, 6.45) is 0.0777. The summed E-state index contributed by atoms with van der Waals surface area (Å²) >= 11 is 5.93. The smallest absolute Gasteiger partial charge is 0.251 e. The van der Waals surface area contributed by atoms with E-state index in [1.54, 1.807) is 29.2 Å². The van der Waals surface area contributed by atoms with Crippen LogP contribution < -0.4 is 10.1 Å². The number of hydrogen-bond donors (Lipinski definition) is 1. The van der Waals surface area contributed by atoms with Crippen molar-refractivity contribution in [2.45, 2.75) is 26.5 Å². The van der Waals surface area contributed by atoms with Gasteiger partial charge in [-0.2, -0.15) is 0 Å². The predicted molar refractivity (Wildman–Crippen MR) is 118 cm³/mol. The van der Waals surface area contributed by atoms with Crippen LogP contribution in [0.4, 0.5) is 0 Å². The zero-order chi connectivity index (χ0) is 21.5. The monoisotopic (exact) mass is 429 g/mol. The minimum Gasteiger partial charge on any atom is -0.491 e. The average molecular weight is 430 g/mol. The van der Waals surface area contributed by atoms with Crippen molar-refractivity contribution in [1.29, 1.82) is 0 Å². The van der Waals surface area contributed by atoms with Gasteiger partial charge in [-0.25, -0.2) is 0 Å². The standard InChI is InChI=1S/C23H28ClN3O3/c1-17(2)30-21-9-5-19(6-10-21)23(29)25-15-22(28)27-13-11-26(12-14-27)16-18-3-7-20(24)8-4-18/h3-10,17H,11-16H2,1-2H3,(H,25,29). The number of nitrogens with zero attached hydrogens (tertiary/aromatic N) is 2. The molecule has 0 atom stereocenters. The van der Waals surface area contributed by atoms with E-state index in [9.17, 15) is 9.59 Å². The molecule has 0 aliphatic carbocycles. The van der Waals surface area contributed by atoms with E-state index in [4.69, 9.17) is 16.3 Å². The van der Waals surface area contributed by atoms with Crippen molar-refractivity contribution >= 4 is 23.4 Å². The summed E-state index contributed by atoms with van der Waals surface area (Å²) in [5, 5.41) is 3.45. The van der Waals surface area contributed by atoms with Gasteiger partial charge in [0, 0.05) is 43.3 Å². The second-order valence-electron chi connectivity index (χ2n) is 7.66. The van der Waals surface area contributed by atoms with Gasteiger partial charge in [0.25, 0.3) is 5.91 Å². The molecule has 3 rings (SSSR count). The van der Waals surface area contributed by atoms with Crippen molar-refractivity contribution in [3.8, 4) is 5.75 Å². The molecule has 160 valence electrons. The number of ether oxygens (including phenoxy) is 1. The SMILES string of the molecule is CC(C)Oc1ccc(C(=O)NCC(=O)N2CCN(Cc3ccc(Cl)cc3)CC2)cc1. The molecule has 0 spiro atoms. The molecule has 7 heteroatoms. The Morgan fingerprint density at radius 1 is 1.00 bits per heavy atom. The van der Waals surface area contributed by atoms with Crippen LogP contribution >= 0.6 is 11.6 Å². The van der Waals surface area contributed by atoms with Crippen LogP contribution in [0.1, 0.15) is 29.8 Å². The fourth-order valence-electron chi connectivity index (χ4n) is 3.33. The lowest BCUT2D eigenvalue weighted by Gasteiger charge is -2.34. The van der Waals surface area contributed by atoms with Gasteiger partial charge in [0.05, 0.1) is 12.6 Å². The highest BCUT2D eigenvalue weighted by Gasteiger charge is 2.21. The number of rotatable bonds is 7. The van der Waals surface area contributed by atoms with Crippen molar-refractivity contribution in [2.75, 3.05) is 32.7 Å². The molecule has 2 aromatic carbocycles. The first-order valence-electron chi connectivity index (χ1n) is 10.2. The first-order valence-corrected chi connectivity index (χ1v) is 10.6. The molecule has 0 radical (unpaired) electrons. The lowest BCUT2D eigenvalue weighted by atomic mass is 10.2. The van der Waals surface area contributed by atoms with E-state index in [2.05, 4.69) is 10.2 Å². The van der Waals surface area contributed by atoms with Gasteiger partial charge in [-0.15, -0.1) is 0 Å². The maximum atomic E-state index is 12.5. The zero-order valence-corrected chi connectivity index (χ0v) is 18.2. The van der Waals surface area contributed by atoms with Gasteiger partial charge in [0.15, 0.2) is 0 Å². The van der Waals surface area contributed by atoms with Crippen molar-refractivity contribution in [3.05, 3.63) is 64.7 Å². The number of amides is 2. The molecule has 0 unspecified atom stereocenters. The van der Waals surface area contributed by atoms with Crippen molar-refractivity contribution in [3.63, 3.8) is 0 Å². The highest BCUT2D eigenvalue weighted by molar-refractivity contribution is 6.30. The van der Waals surface area contributed by atoms with E-state index in [0.717, 1.165) is 24.7 Å². The zero-order valence-electron chi connectivity index (χ0n) is 17.4. The molecule has 30 heavy (non-hydrogen) atoms. The molecule has 0 saturated carbocycles. The summed E-state index contributed by atoms with van der Waals surface area (Å²) < 4.78 is 5.58. The molecular weight excluding hydrogens is 402 g/mol. The highest BCUT2D eigenvalue weighted by Crippen LogP contribution is 2.14. The van der Waals surface area contributed by atoms with Crippen molar-refractivity contribution in [2.24, 2.45) is 0 Å². The molecular formula is C23H28ClN3O3. The van der Waals surface area contributed by atoms with E-state index in [-0.39, 0.29) is 24.5 Å². The second-order valence-corrected chi connectivity index (χ2v) is 8.09. The Morgan fingerprint density at radius 3 is 2.23 bits per heavy atom. The fourth-order valence-corrected chi connectivity index (χ4v) is 3.46. The maximum Gasteiger partial charge on any atom is 0.251 e. The Balaban J connectivity index is 1.41. The second kappa shape index (κ2) is 10.5. The number of hydrogen-bond acceptors (Lipinski definition) is 4. The minimum absolute atomic E-state index is 0.000261. The number of carbonyl (C=O) groups excluding carboxylic acids is 2. The van der Waals surface area contributed by atoms with Crippen LogP contribution in [0.15, 0.2) is 48.5 Å². The summed E-state index contributed by atoms with van der Waals surface area (Å²) in [5.74, 6) is 0.393. The largest absolute Gasteiger partial charge is 0.491 e. The van der Waals surface area contributed by atoms with E-state index in [1.807, 2.05) is 38.1 Å². The van der Waals surface area contributed by atoms with Crippen LogP contribution in [-0.4, -0.2) is 60.4 Å². The lowest BCUT2D eigenvalue weighted by Crippen LogP contribution is -2.50. The van der Waals surface area contributed by atoms with Crippen LogP contribution in [0, 0.1) is 0 Å². The number of piperazine rings is 1. The molecule has 2 aromatic rings. The molecule has 1 N–H and O–H groups in total. The fraction of sp³-hybridized carbons (Fsp3) is 0.391. The number of nitrogens with one attached hydrogen (secondary N) is 1. The Bertz CT molecular complexity index is 845. The molecule has 1 aliphatic heterocycles. The molecule has 2 amide bonds. The molecule has 0 bridgehead atoms. The van der Waals surface area contributed by atoms with Gasteiger partial charge in [-0.3, -0.25) is 14.5 Å². The van der Waals surface area contributed by atoms with Crippen LogP contribution in [-0.2, 0) is 11.3 Å². The molecule has 1 aliphatic rings. The van der Waals surface area contributed by atoms with E-state index in [0.29, 0.717) is 24.4 Å². The quantitative estimate of drug-likeness (QED) is 0.734. The normalized spacial score (nSPS) is 14.6. The van der Waals surface area contributed by atoms with Gasteiger partial charge in [0.1, 0.15) is 5.75 Å². The van der Waals surface area contributed by atoms with E-state index in [1.165, 1.54) is 5.56 Å². The Hall–Kier alpha value is -2.57. The topological polar surface area (TPSA) is 61.9 Å². The average Bonchev–Trinajstić information content (AvgIpc) is 2.74. The molecule has 6 nitrogen and oxygen atoms in total. The van der Waals surface area contributed by atoms with Gasteiger partial charge >= 0.3 is 0 Å². The van der Waals surface area contributed by atoms with Crippen molar-refractivity contribution < 1.29 is 14.3 Å². The summed E-state index contributed by atoms with van der Waals surface area (Å²) in [4.78, 5) is 28.9. The number of benzene rings is 2. The van der Waals surface area contributed by atoms with Gasteiger partial charge in [-0.1, -0.05) is 23.7 Å². The minimum atomic E-state index is -0.263. The van der Waals surface area contributed by atoms with E-state index >= 15 is 0 Å². The van der Waals surface area contributed by atoms with Gasteiger partial charge in [-0.05, 0) is 55.8 Å². The summed E-state index contributed by atoms with van der Waals surface area (Å²) in [5.41, 5.74) is 1.71. The summed E-state index contributed by atoms with van der Waals surface area (Å²) in [6.45, 7) is 7.66. The first-order chi connectivity index (χ1) is 14.4. The summed E-state index contributed by atoms with van der Waals surface area (Å²) in [6, 6.07) is 14.8. The van der Waals surface area contributed by atoms with Crippen LogP contribution in [0.25, 0.3) is 0 Å². The summed E-state index contributed by atoms with van der Waals surface area (Å²) in [7, 11) is 0. The highest BCUT2D eigenvalue weighted by atomic mass is 35.5. The number of carbonyl (C=O) groups is 2. The van der Waals surface area contributed by atoms with Crippen molar-refractivity contribution in [1.82, 2.24) is 15.1 Å². The Labute approximate surface area is 182 Å². The Kier molecular flexibility index (Phi) is 7.71. The molecule has 1 fully saturated rings. The predicted octanol–water partition coefficient (Wildman–Crippen LogP) is 3.20. The first kappa shape index (κ1) is 22.1. The lowest BCUT2D eigenvalue weighted by molar-refractivity contribution is -0.131. The maximum absolute atomic E-state index is 12.5. The molecule has 0 aromatic heterocycles. The van der Waals surface area contributed by atoms with Crippen LogP contribution in [0.2, 0.25) is 5.02 Å². The number of halogens is 1. The molecule has 1 saturated heterocycles.